The number of aromatic amines is 1. The largest absolute Gasteiger partial charge is 0.352 e. The highest BCUT2D eigenvalue weighted by molar-refractivity contribution is 7.98. The number of hydrogen-bond donors (Lipinski definition) is 2. The molecule has 1 aromatic carbocycles. The van der Waals surface area contributed by atoms with Crippen LogP contribution >= 0.6 is 11.8 Å². The van der Waals surface area contributed by atoms with Gasteiger partial charge in [-0.15, -0.1) is 0 Å². The summed E-state index contributed by atoms with van der Waals surface area (Å²) in [4.78, 5) is 34.8. The Balaban J connectivity index is 1.60. The minimum Gasteiger partial charge on any atom is -0.352 e. The van der Waals surface area contributed by atoms with E-state index in [0.29, 0.717) is 28.7 Å². The van der Waals surface area contributed by atoms with Crippen molar-refractivity contribution >= 4 is 17.7 Å². The average Bonchev–Trinajstić information content (AvgIpc) is 2.66. The van der Waals surface area contributed by atoms with Crippen LogP contribution in [0.1, 0.15) is 16.8 Å². The van der Waals surface area contributed by atoms with Crippen LogP contribution in [0, 0.1) is 5.82 Å². The van der Waals surface area contributed by atoms with Gasteiger partial charge in [0.1, 0.15) is 5.82 Å². The summed E-state index contributed by atoms with van der Waals surface area (Å²) in [5.41, 5.74) is 1.41. The number of carbonyl (C=O) groups excluding carboxylic acids is 1. The molecule has 0 aliphatic rings. The molecule has 138 valence electrons. The number of amides is 1. The lowest BCUT2D eigenvalue weighted by Gasteiger charge is -2.06. The van der Waals surface area contributed by atoms with Crippen LogP contribution in [0.25, 0.3) is 0 Å². The molecule has 0 radical (unpaired) electrons. The van der Waals surface area contributed by atoms with E-state index in [0.717, 1.165) is 5.56 Å². The third kappa shape index (κ3) is 5.75. The van der Waals surface area contributed by atoms with Gasteiger partial charge in [0.2, 0.25) is 5.91 Å². The minimum absolute atomic E-state index is 0.0164. The fourth-order valence-electron chi connectivity index (χ4n) is 2.33. The molecule has 0 aliphatic heterocycles. The molecule has 3 rings (SSSR count). The lowest BCUT2D eigenvalue weighted by molar-refractivity contribution is -0.120. The van der Waals surface area contributed by atoms with Gasteiger partial charge in [0.15, 0.2) is 5.16 Å². The zero-order valence-electron chi connectivity index (χ0n) is 14.3. The summed E-state index contributed by atoms with van der Waals surface area (Å²) in [6, 6.07) is 11.4. The van der Waals surface area contributed by atoms with Crippen molar-refractivity contribution in [1.29, 1.82) is 0 Å². The van der Waals surface area contributed by atoms with E-state index in [-0.39, 0.29) is 23.7 Å². The molecule has 2 heterocycles. The van der Waals surface area contributed by atoms with Crippen molar-refractivity contribution in [3.8, 4) is 0 Å². The van der Waals surface area contributed by atoms with E-state index < -0.39 is 0 Å². The number of H-pyrrole nitrogens is 1. The monoisotopic (exact) mass is 384 g/mol. The van der Waals surface area contributed by atoms with Crippen molar-refractivity contribution in [3.05, 3.63) is 87.9 Å². The van der Waals surface area contributed by atoms with Crippen molar-refractivity contribution in [2.24, 2.45) is 0 Å². The Kier molecular flexibility index (Phi) is 6.32. The van der Waals surface area contributed by atoms with Crippen LogP contribution in [0.5, 0.6) is 0 Å². The van der Waals surface area contributed by atoms with Crippen LogP contribution in [0.15, 0.2) is 64.8 Å². The van der Waals surface area contributed by atoms with E-state index in [1.807, 2.05) is 6.07 Å². The van der Waals surface area contributed by atoms with Crippen molar-refractivity contribution in [3.63, 3.8) is 0 Å². The maximum absolute atomic E-state index is 13.7. The Bertz CT molecular complexity index is 979. The number of rotatable bonds is 7. The quantitative estimate of drug-likeness (QED) is 0.483. The predicted octanol–water partition coefficient (Wildman–Crippen LogP) is 2.46. The van der Waals surface area contributed by atoms with Crippen molar-refractivity contribution in [2.75, 3.05) is 0 Å². The SMILES string of the molecule is O=C(Cc1cc(=O)[nH]c(SCc2ccccc2F)n1)NCc1cccnc1. The number of hydrogen-bond acceptors (Lipinski definition) is 5. The molecule has 0 spiro atoms. The number of nitrogens with zero attached hydrogens (tertiary/aromatic N) is 2. The van der Waals surface area contributed by atoms with Crippen LogP contribution in [0.2, 0.25) is 0 Å². The first kappa shape index (κ1) is 18.8. The maximum atomic E-state index is 13.7. The van der Waals surface area contributed by atoms with Crippen LogP contribution in [0.3, 0.4) is 0 Å². The van der Waals surface area contributed by atoms with Crippen LogP contribution in [-0.4, -0.2) is 20.9 Å². The molecule has 0 fully saturated rings. The van der Waals surface area contributed by atoms with Crippen LogP contribution in [0.4, 0.5) is 4.39 Å². The summed E-state index contributed by atoms with van der Waals surface area (Å²) < 4.78 is 13.7. The molecular weight excluding hydrogens is 367 g/mol. The van der Waals surface area contributed by atoms with E-state index in [4.69, 9.17) is 0 Å². The lowest BCUT2D eigenvalue weighted by atomic mass is 10.2. The smallest absolute Gasteiger partial charge is 0.251 e. The van der Waals surface area contributed by atoms with Gasteiger partial charge in [0.25, 0.3) is 5.56 Å². The molecule has 1 amide bonds. The number of pyridine rings is 1. The fraction of sp³-hybridized carbons (Fsp3) is 0.158. The molecule has 2 aromatic heterocycles. The van der Waals surface area contributed by atoms with Gasteiger partial charge in [-0.25, -0.2) is 9.37 Å². The molecule has 0 saturated carbocycles. The van der Waals surface area contributed by atoms with E-state index in [1.165, 1.54) is 23.9 Å². The summed E-state index contributed by atoms with van der Waals surface area (Å²) >= 11 is 1.21. The molecule has 0 unspecified atom stereocenters. The van der Waals surface area contributed by atoms with Gasteiger partial charge in [-0.2, -0.15) is 0 Å². The highest BCUT2D eigenvalue weighted by atomic mass is 32.2. The van der Waals surface area contributed by atoms with Gasteiger partial charge in [0, 0.05) is 30.8 Å². The summed E-state index contributed by atoms with van der Waals surface area (Å²) in [5, 5.41) is 3.11. The maximum Gasteiger partial charge on any atom is 0.251 e. The summed E-state index contributed by atoms with van der Waals surface area (Å²) in [6.07, 6.45) is 3.31. The normalized spacial score (nSPS) is 10.6. The molecule has 0 saturated heterocycles. The highest BCUT2D eigenvalue weighted by Gasteiger charge is 2.09. The van der Waals surface area contributed by atoms with Crippen molar-refractivity contribution in [1.82, 2.24) is 20.3 Å². The van der Waals surface area contributed by atoms with Crippen LogP contribution < -0.4 is 10.9 Å². The molecule has 2 N–H and O–H groups in total. The summed E-state index contributed by atoms with van der Waals surface area (Å²) in [6.45, 7) is 0.352. The standard InChI is InChI=1S/C19H17FN4O2S/c20-16-6-2-1-5-14(16)12-27-19-23-15(9-18(26)24-19)8-17(25)22-11-13-4-3-7-21-10-13/h1-7,9-10H,8,11-12H2,(H,22,25)(H,23,24,26). The Morgan fingerprint density at radius 1 is 1.22 bits per heavy atom. The van der Waals surface area contributed by atoms with Crippen LogP contribution in [-0.2, 0) is 23.5 Å². The molecule has 8 heteroatoms. The first-order chi connectivity index (χ1) is 13.1. The van der Waals surface area contributed by atoms with Gasteiger partial charge >= 0.3 is 0 Å². The number of thioether (sulfide) groups is 1. The van der Waals surface area contributed by atoms with Gasteiger partial charge in [-0.05, 0) is 23.3 Å². The Labute approximate surface area is 159 Å². The van der Waals surface area contributed by atoms with Gasteiger partial charge in [-0.3, -0.25) is 14.6 Å². The number of aromatic nitrogens is 3. The molecule has 27 heavy (non-hydrogen) atoms. The van der Waals surface area contributed by atoms with Gasteiger partial charge in [-0.1, -0.05) is 36.0 Å². The van der Waals surface area contributed by atoms with Gasteiger partial charge < -0.3 is 10.3 Å². The Morgan fingerprint density at radius 3 is 2.85 bits per heavy atom. The summed E-state index contributed by atoms with van der Waals surface area (Å²) in [5.74, 6) is -0.230. The number of carbonyl (C=O) groups is 1. The fourth-order valence-corrected chi connectivity index (χ4v) is 3.22. The molecule has 0 atom stereocenters. The molecular formula is C19H17FN4O2S. The van der Waals surface area contributed by atoms with E-state index in [2.05, 4.69) is 20.3 Å². The molecule has 0 bridgehead atoms. The predicted molar refractivity (Wildman–Crippen MR) is 101 cm³/mol. The lowest BCUT2D eigenvalue weighted by Crippen LogP contribution is -2.26. The summed E-state index contributed by atoms with van der Waals surface area (Å²) in [7, 11) is 0. The van der Waals surface area contributed by atoms with Gasteiger partial charge in [0.05, 0.1) is 12.1 Å². The number of nitrogens with one attached hydrogen (secondary N) is 2. The second-order valence-electron chi connectivity index (χ2n) is 5.74. The molecule has 6 nitrogen and oxygen atoms in total. The zero-order valence-corrected chi connectivity index (χ0v) is 15.1. The molecule has 3 aromatic rings. The van der Waals surface area contributed by atoms with E-state index in [9.17, 15) is 14.0 Å². The third-order valence-corrected chi connectivity index (χ3v) is 4.57. The van der Waals surface area contributed by atoms with E-state index >= 15 is 0 Å². The van der Waals surface area contributed by atoms with Crippen molar-refractivity contribution in [2.45, 2.75) is 23.9 Å². The Morgan fingerprint density at radius 2 is 2.07 bits per heavy atom. The average molecular weight is 384 g/mol. The topological polar surface area (TPSA) is 87.7 Å². The van der Waals surface area contributed by atoms with Crippen molar-refractivity contribution < 1.29 is 9.18 Å². The third-order valence-electron chi connectivity index (χ3n) is 3.65. The van der Waals surface area contributed by atoms with E-state index in [1.54, 1.807) is 36.7 Å². The second kappa shape index (κ2) is 9.09. The number of halogens is 1. The first-order valence-electron chi connectivity index (χ1n) is 8.22. The highest BCUT2D eigenvalue weighted by Crippen LogP contribution is 2.20. The second-order valence-corrected chi connectivity index (χ2v) is 6.70. The Hall–Kier alpha value is -3.00. The number of benzene rings is 1. The molecule has 0 aliphatic carbocycles. The first-order valence-corrected chi connectivity index (χ1v) is 9.21. The minimum atomic E-state index is -0.351. The zero-order chi connectivity index (χ0) is 19.1.